The van der Waals surface area contributed by atoms with Gasteiger partial charge in [0.15, 0.2) is 0 Å². The Morgan fingerprint density at radius 3 is 1.75 bits per heavy atom. The summed E-state index contributed by atoms with van der Waals surface area (Å²) in [5, 5.41) is 0. The van der Waals surface area contributed by atoms with Gasteiger partial charge in [-0.2, -0.15) is 0 Å². The zero-order valence-corrected chi connectivity index (χ0v) is 14.3. The highest BCUT2D eigenvalue weighted by molar-refractivity contribution is 5.86. The average Bonchev–Trinajstić information content (AvgIpc) is 2.66. The van der Waals surface area contributed by atoms with Gasteiger partial charge in [-0.3, -0.25) is 4.79 Å². The Hall–Kier alpha value is -1.89. The van der Waals surface area contributed by atoms with E-state index >= 15 is 0 Å². The fourth-order valence-electron chi connectivity index (χ4n) is 5.21. The minimum Gasteiger partial charge on any atom is -0.299 e. The van der Waals surface area contributed by atoms with Crippen LogP contribution >= 0.6 is 0 Å². The zero-order valence-electron chi connectivity index (χ0n) is 14.3. The molecule has 0 aliphatic heterocycles. The van der Waals surface area contributed by atoms with Crippen molar-refractivity contribution >= 4 is 5.78 Å². The van der Waals surface area contributed by atoms with Crippen LogP contribution in [0, 0.1) is 5.41 Å². The molecule has 2 fully saturated rings. The minimum atomic E-state index is -0.0812. The molecule has 0 aromatic heterocycles. The molecule has 0 atom stereocenters. The van der Waals surface area contributed by atoms with Gasteiger partial charge in [0.1, 0.15) is 5.78 Å². The Morgan fingerprint density at radius 2 is 1.21 bits per heavy atom. The molecule has 2 saturated carbocycles. The molecule has 124 valence electrons. The number of ketones is 1. The molecule has 2 aromatic rings. The van der Waals surface area contributed by atoms with Crippen molar-refractivity contribution in [3.63, 3.8) is 0 Å². The van der Waals surface area contributed by atoms with Gasteiger partial charge in [-0.25, -0.2) is 0 Å². The quantitative estimate of drug-likeness (QED) is 0.696. The second-order valence-electron chi connectivity index (χ2n) is 7.76. The summed E-state index contributed by atoms with van der Waals surface area (Å²) in [4.78, 5) is 12.9. The molecular formula is C23H26O. The molecule has 0 bridgehead atoms. The van der Waals surface area contributed by atoms with Crippen LogP contribution in [-0.2, 0) is 10.2 Å². The molecule has 2 aliphatic carbocycles. The van der Waals surface area contributed by atoms with Crippen molar-refractivity contribution in [1.29, 1.82) is 0 Å². The summed E-state index contributed by atoms with van der Waals surface area (Å²) in [6, 6.07) is 21.8. The average molecular weight is 318 g/mol. The van der Waals surface area contributed by atoms with E-state index < -0.39 is 0 Å². The van der Waals surface area contributed by atoms with E-state index in [1.165, 1.54) is 30.4 Å². The van der Waals surface area contributed by atoms with Crippen LogP contribution in [0.2, 0.25) is 0 Å². The van der Waals surface area contributed by atoms with E-state index in [2.05, 4.69) is 60.7 Å². The molecule has 0 N–H and O–H groups in total. The van der Waals surface area contributed by atoms with Gasteiger partial charge in [-0.05, 0) is 36.8 Å². The lowest BCUT2D eigenvalue weighted by atomic mass is 9.53. The first-order valence-corrected chi connectivity index (χ1v) is 9.40. The van der Waals surface area contributed by atoms with Gasteiger partial charge >= 0.3 is 0 Å². The van der Waals surface area contributed by atoms with E-state index in [4.69, 9.17) is 0 Å². The van der Waals surface area contributed by atoms with E-state index in [-0.39, 0.29) is 10.8 Å². The lowest BCUT2D eigenvalue weighted by Crippen LogP contribution is -2.47. The number of carbonyl (C=O) groups is 1. The summed E-state index contributed by atoms with van der Waals surface area (Å²) in [5.41, 5.74) is 2.68. The number of rotatable bonds is 2. The van der Waals surface area contributed by atoms with E-state index in [0.29, 0.717) is 5.78 Å². The molecule has 0 heterocycles. The number of hydrogen-bond donors (Lipinski definition) is 0. The van der Waals surface area contributed by atoms with Gasteiger partial charge in [0, 0.05) is 17.3 Å². The highest BCUT2D eigenvalue weighted by atomic mass is 16.1. The van der Waals surface area contributed by atoms with Crippen molar-refractivity contribution in [2.75, 3.05) is 0 Å². The Bertz CT molecular complexity index is 656. The van der Waals surface area contributed by atoms with Crippen molar-refractivity contribution in [1.82, 2.24) is 0 Å². The van der Waals surface area contributed by atoms with Crippen molar-refractivity contribution in [2.45, 2.75) is 56.8 Å². The van der Waals surface area contributed by atoms with Gasteiger partial charge in [-0.15, -0.1) is 0 Å². The second kappa shape index (κ2) is 6.20. The van der Waals surface area contributed by atoms with E-state index in [1.807, 2.05) is 0 Å². The third-order valence-electron chi connectivity index (χ3n) is 6.47. The Labute approximate surface area is 145 Å². The fraction of sp³-hybridized carbons (Fsp3) is 0.435. The molecule has 0 radical (unpaired) electrons. The first kappa shape index (κ1) is 15.6. The number of benzene rings is 2. The predicted molar refractivity (Wildman–Crippen MR) is 98.0 cm³/mol. The summed E-state index contributed by atoms with van der Waals surface area (Å²) in [6.07, 6.45) is 8.56. The number of hydrogen-bond acceptors (Lipinski definition) is 1. The van der Waals surface area contributed by atoms with Crippen LogP contribution < -0.4 is 0 Å². The lowest BCUT2D eigenvalue weighted by Gasteiger charge is -2.49. The predicted octanol–water partition coefficient (Wildman–Crippen LogP) is 5.68. The van der Waals surface area contributed by atoms with Crippen molar-refractivity contribution in [2.24, 2.45) is 5.41 Å². The van der Waals surface area contributed by atoms with Crippen LogP contribution in [0.5, 0.6) is 0 Å². The van der Waals surface area contributed by atoms with Crippen LogP contribution in [0.15, 0.2) is 60.7 Å². The zero-order chi connectivity index (χ0) is 16.5. The molecule has 2 aromatic carbocycles. The Kier molecular flexibility index (Phi) is 4.04. The molecule has 0 amide bonds. The van der Waals surface area contributed by atoms with E-state index in [0.717, 1.165) is 32.1 Å². The highest BCUT2D eigenvalue weighted by Crippen LogP contribution is 2.55. The SMILES string of the molecule is O=C1CCC(c2ccccc2)(c2ccccc2)CC12CCCCC2. The molecule has 4 rings (SSSR count). The molecule has 0 saturated heterocycles. The van der Waals surface area contributed by atoms with E-state index in [9.17, 15) is 4.79 Å². The normalized spacial score (nSPS) is 22.4. The smallest absolute Gasteiger partial charge is 0.139 e. The second-order valence-corrected chi connectivity index (χ2v) is 7.76. The van der Waals surface area contributed by atoms with Gasteiger partial charge < -0.3 is 0 Å². The summed E-state index contributed by atoms with van der Waals surface area (Å²) in [5.74, 6) is 0.532. The summed E-state index contributed by atoms with van der Waals surface area (Å²) >= 11 is 0. The van der Waals surface area contributed by atoms with Gasteiger partial charge in [-0.1, -0.05) is 79.9 Å². The molecule has 24 heavy (non-hydrogen) atoms. The monoisotopic (exact) mass is 318 g/mol. The molecule has 2 aliphatic rings. The van der Waals surface area contributed by atoms with E-state index in [1.54, 1.807) is 0 Å². The van der Waals surface area contributed by atoms with Crippen molar-refractivity contribution in [3.8, 4) is 0 Å². The maximum Gasteiger partial charge on any atom is 0.139 e. The molecule has 1 nitrogen and oxygen atoms in total. The van der Waals surface area contributed by atoms with Crippen LogP contribution in [-0.4, -0.2) is 5.78 Å². The Balaban J connectivity index is 1.83. The lowest BCUT2D eigenvalue weighted by molar-refractivity contribution is -0.135. The minimum absolute atomic E-state index is 0.00618. The first-order valence-electron chi connectivity index (χ1n) is 9.40. The van der Waals surface area contributed by atoms with Crippen molar-refractivity contribution < 1.29 is 4.79 Å². The molecule has 0 unspecified atom stereocenters. The van der Waals surface area contributed by atoms with Crippen LogP contribution in [0.4, 0.5) is 0 Å². The van der Waals surface area contributed by atoms with Crippen LogP contribution in [0.25, 0.3) is 0 Å². The van der Waals surface area contributed by atoms with Crippen molar-refractivity contribution in [3.05, 3.63) is 71.8 Å². The van der Waals surface area contributed by atoms with Crippen LogP contribution in [0.1, 0.15) is 62.5 Å². The standard InChI is InChI=1S/C23H26O/c24-21-14-17-23(19-10-4-1-5-11-19,20-12-6-2-7-13-20)18-22(21)15-8-3-9-16-22/h1-2,4-7,10-13H,3,8-9,14-18H2. The summed E-state index contributed by atoms with van der Waals surface area (Å²) < 4.78 is 0. The van der Waals surface area contributed by atoms with Crippen LogP contribution in [0.3, 0.4) is 0 Å². The first-order chi connectivity index (χ1) is 11.8. The number of Topliss-reactive ketones (excluding diaryl/α,β-unsaturated/α-hetero) is 1. The topological polar surface area (TPSA) is 17.1 Å². The maximum atomic E-state index is 12.9. The van der Waals surface area contributed by atoms with Gasteiger partial charge in [0.05, 0.1) is 0 Å². The third kappa shape index (κ3) is 2.51. The maximum absolute atomic E-state index is 12.9. The van der Waals surface area contributed by atoms with Gasteiger partial charge in [0.25, 0.3) is 0 Å². The molecule has 1 spiro atoms. The summed E-state index contributed by atoms with van der Waals surface area (Å²) in [7, 11) is 0. The molecular weight excluding hydrogens is 292 g/mol. The highest BCUT2D eigenvalue weighted by Gasteiger charge is 2.51. The largest absolute Gasteiger partial charge is 0.299 e. The fourth-order valence-corrected chi connectivity index (χ4v) is 5.21. The number of carbonyl (C=O) groups excluding carboxylic acids is 1. The molecule has 1 heteroatoms. The van der Waals surface area contributed by atoms with Gasteiger partial charge in [0.2, 0.25) is 0 Å². The Morgan fingerprint density at radius 1 is 0.667 bits per heavy atom. The third-order valence-corrected chi connectivity index (χ3v) is 6.47. The summed E-state index contributed by atoms with van der Waals surface area (Å²) in [6.45, 7) is 0.